The third-order valence-corrected chi connectivity index (χ3v) is 6.08. The Morgan fingerprint density at radius 2 is 1.94 bits per heavy atom. The van der Waals surface area contributed by atoms with Gasteiger partial charge in [-0.1, -0.05) is 18.2 Å². The normalized spacial score (nSPS) is 13.7. The first kappa shape index (κ1) is 21.1. The number of carbonyl (C=O) groups excluding carboxylic acids is 1. The molecule has 4 aromatic rings. The molecular weight excluding hydrogens is 414 g/mol. The van der Waals surface area contributed by atoms with E-state index in [1.165, 1.54) is 11.3 Å². The standard InChI is InChI=1S/C27H27N3O3/c1-18(16-23-7-5-15-32-23)28-26(31)21-9-11-22(12-10-21)27-29-24(19(2)33-27)17-30-14-13-20-6-3-4-8-25(20)30/h3-12,15,18H,13-14,16-17H2,1-2H3,(H,28,31)/t18-/m1/s1. The predicted molar refractivity (Wildman–Crippen MR) is 127 cm³/mol. The molecule has 1 N–H and O–H groups in total. The van der Waals surface area contributed by atoms with Gasteiger partial charge in [-0.25, -0.2) is 4.98 Å². The van der Waals surface area contributed by atoms with Crippen LogP contribution in [0.5, 0.6) is 0 Å². The number of para-hydroxylation sites is 1. The molecular formula is C27H27N3O3. The van der Waals surface area contributed by atoms with Crippen molar-refractivity contribution in [2.75, 3.05) is 11.4 Å². The number of aromatic nitrogens is 1. The lowest BCUT2D eigenvalue weighted by molar-refractivity contribution is 0.0939. The maximum atomic E-state index is 12.6. The van der Waals surface area contributed by atoms with E-state index in [2.05, 4.69) is 34.5 Å². The Morgan fingerprint density at radius 3 is 2.73 bits per heavy atom. The molecule has 6 nitrogen and oxygen atoms in total. The van der Waals surface area contributed by atoms with Gasteiger partial charge in [-0.05, 0) is 68.3 Å². The van der Waals surface area contributed by atoms with Gasteiger partial charge in [0.1, 0.15) is 17.2 Å². The van der Waals surface area contributed by atoms with E-state index in [9.17, 15) is 4.79 Å². The lowest BCUT2D eigenvalue weighted by Gasteiger charge is -2.17. The zero-order valence-electron chi connectivity index (χ0n) is 18.9. The van der Waals surface area contributed by atoms with Gasteiger partial charge < -0.3 is 19.1 Å². The number of hydrogen-bond donors (Lipinski definition) is 1. The summed E-state index contributed by atoms with van der Waals surface area (Å²) in [5.74, 6) is 2.14. The van der Waals surface area contributed by atoms with Crippen molar-refractivity contribution in [3.8, 4) is 11.5 Å². The number of oxazole rings is 1. The summed E-state index contributed by atoms with van der Waals surface area (Å²) in [7, 11) is 0. The number of nitrogens with one attached hydrogen (secondary N) is 1. The quantitative estimate of drug-likeness (QED) is 0.429. The lowest BCUT2D eigenvalue weighted by atomic mass is 10.1. The van der Waals surface area contributed by atoms with Crippen molar-refractivity contribution in [1.29, 1.82) is 0 Å². The topological polar surface area (TPSA) is 71.5 Å². The lowest BCUT2D eigenvalue weighted by Crippen LogP contribution is -2.33. The molecule has 0 spiro atoms. The molecule has 1 atom stereocenters. The van der Waals surface area contributed by atoms with Gasteiger partial charge in [0.15, 0.2) is 0 Å². The molecule has 0 saturated carbocycles. The molecule has 0 bridgehead atoms. The number of aryl methyl sites for hydroxylation is 1. The van der Waals surface area contributed by atoms with Crippen LogP contribution in [0.3, 0.4) is 0 Å². The SMILES string of the molecule is Cc1oc(-c2ccc(C(=O)N[C@H](C)Cc3ccco3)cc2)nc1CN1CCc2ccccc21. The Hall–Kier alpha value is -3.80. The van der Waals surface area contributed by atoms with E-state index in [1.54, 1.807) is 18.4 Å². The van der Waals surface area contributed by atoms with E-state index in [1.807, 2.05) is 38.1 Å². The molecule has 1 amide bonds. The van der Waals surface area contributed by atoms with Gasteiger partial charge in [0.25, 0.3) is 5.91 Å². The van der Waals surface area contributed by atoms with Crippen molar-refractivity contribution in [3.05, 3.63) is 95.3 Å². The Balaban J connectivity index is 1.24. The van der Waals surface area contributed by atoms with Gasteiger partial charge in [-0.3, -0.25) is 4.79 Å². The third kappa shape index (κ3) is 4.55. The number of anilines is 1. The monoisotopic (exact) mass is 441 g/mol. The van der Waals surface area contributed by atoms with Crippen LogP contribution in [0.25, 0.3) is 11.5 Å². The molecule has 0 fully saturated rings. The van der Waals surface area contributed by atoms with Gasteiger partial charge in [-0.15, -0.1) is 0 Å². The summed E-state index contributed by atoms with van der Waals surface area (Å²) in [6, 6.07) is 19.6. The number of amides is 1. The van der Waals surface area contributed by atoms with E-state index >= 15 is 0 Å². The molecule has 2 aromatic carbocycles. The van der Waals surface area contributed by atoms with Crippen LogP contribution < -0.4 is 10.2 Å². The minimum absolute atomic E-state index is 0.0315. The van der Waals surface area contributed by atoms with Crippen molar-refractivity contribution < 1.29 is 13.6 Å². The highest BCUT2D eigenvalue weighted by Crippen LogP contribution is 2.30. The predicted octanol–water partition coefficient (Wildman–Crippen LogP) is 5.17. The largest absolute Gasteiger partial charge is 0.469 e. The second-order valence-corrected chi connectivity index (χ2v) is 8.56. The summed E-state index contributed by atoms with van der Waals surface area (Å²) >= 11 is 0. The van der Waals surface area contributed by atoms with Gasteiger partial charge >= 0.3 is 0 Å². The van der Waals surface area contributed by atoms with Crippen molar-refractivity contribution >= 4 is 11.6 Å². The first-order valence-electron chi connectivity index (χ1n) is 11.3. The second kappa shape index (κ2) is 8.98. The molecule has 1 aliphatic heterocycles. The van der Waals surface area contributed by atoms with Crippen LogP contribution in [0.2, 0.25) is 0 Å². The minimum Gasteiger partial charge on any atom is -0.469 e. The number of rotatable bonds is 7. The molecule has 3 heterocycles. The van der Waals surface area contributed by atoms with Crippen LogP contribution >= 0.6 is 0 Å². The van der Waals surface area contributed by atoms with Gasteiger partial charge in [0.2, 0.25) is 5.89 Å². The Bertz CT molecular complexity index is 1240. The second-order valence-electron chi connectivity index (χ2n) is 8.56. The molecule has 0 saturated heterocycles. The molecule has 6 heteroatoms. The highest BCUT2D eigenvalue weighted by molar-refractivity contribution is 5.94. The Labute approximate surface area is 193 Å². The fourth-order valence-electron chi connectivity index (χ4n) is 4.30. The van der Waals surface area contributed by atoms with Crippen LogP contribution in [0.4, 0.5) is 5.69 Å². The maximum Gasteiger partial charge on any atom is 0.251 e. The zero-order chi connectivity index (χ0) is 22.8. The summed E-state index contributed by atoms with van der Waals surface area (Å²) in [6.45, 7) is 5.63. The van der Waals surface area contributed by atoms with E-state index in [-0.39, 0.29) is 11.9 Å². The molecule has 168 valence electrons. The van der Waals surface area contributed by atoms with Crippen LogP contribution in [-0.2, 0) is 19.4 Å². The fourth-order valence-corrected chi connectivity index (χ4v) is 4.30. The van der Waals surface area contributed by atoms with Gasteiger partial charge in [-0.2, -0.15) is 0 Å². The average molecular weight is 442 g/mol. The number of hydrogen-bond acceptors (Lipinski definition) is 5. The van der Waals surface area contributed by atoms with Gasteiger partial charge in [0, 0.05) is 35.8 Å². The third-order valence-electron chi connectivity index (χ3n) is 6.08. The molecule has 0 radical (unpaired) electrons. The van der Waals surface area contributed by atoms with E-state index in [0.29, 0.717) is 17.9 Å². The molecule has 1 aliphatic rings. The average Bonchev–Trinajstić information content (AvgIpc) is 3.56. The highest BCUT2D eigenvalue weighted by atomic mass is 16.4. The highest BCUT2D eigenvalue weighted by Gasteiger charge is 2.21. The number of fused-ring (bicyclic) bond motifs is 1. The van der Waals surface area contributed by atoms with Gasteiger partial charge in [0.05, 0.1) is 12.8 Å². The van der Waals surface area contributed by atoms with Crippen molar-refractivity contribution in [3.63, 3.8) is 0 Å². The fraction of sp³-hybridized carbons (Fsp3) is 0.259. The molecule has 2 aromatic heterocycles. The van der Waals surface area contributed by atoms with Crippen LogP contribution in [-0.4, -0.2) is 23.5 Å². The van der Waals surface area contributed by atoms with Crippen LogP contribution in [0, 0.1) is 6.92 Å². The number of furan rings is 1. The first-order valence-corrected chi connectivity index (χ1v) is 11.3. The van der Waals surface area contributed by atoms with E-state index in [4.69, 9.17) is 13.8 Å². The molecule has 5 rings (SSSR count). The molecule has 0 aliphatic carbocycles. The molecule has 33 heavy (non-hydrogen) atoms. The molecule has 0 unspecified atom stereocenters. The number of nitrogens with zero attached hydrogens (tertiary/aromatic N) is 2. The maximum absolute atomic E-state index is 12.6. The summed E-state index contributed by atoms with van der Waals surface area (Å²) in [4.78, 5) is 19.7. The first-order chi connectivity index (χ1) is 16.1. The summed E-state index contributed by atoms with van der Waals surface area (Å²) in [5, 5.41) is 3.01. The Morgan fingerprint density at radius 1 is 1.12 bits per heavy atom. The minimum atomic E-state index is -0.113. The van der Waals surface area contributed by atoms with Crippen molar-refractivity contribution in [1.82, 2.24) is 10.3 Å². The van der Waals surface area contributed by atoms with Crippen molar-refractivity contribution in [2.45, 2.75) is 39.3 Å². The zero-order valence-corrected chi connectivity index (χ0v) is 18.9. The van der Waals surface area contributed by atoms with E-state index < -0.39 is 0 Å². The van der Waals surface area contributed by atoms with Crippen LogP contribution in [0.15, 0.2) is 75.8 Å². The van der Waals surface area contributed by atoms with Crippen molar-refractivity contribution in [2.24, 2.45) is 0 Å². The van der Waals surface area contributed by atoms with Crippen LogP contribution in [0.1, 0.15) is 40.1 Å². The number of benzene rings is 2. The summed E-state index contributed by atoms with van der Waals surface area (Å²) in [6.07, 6.45) is 3.35. The number of carbonyl (C=O) groups is 1. The Kier molecular flexibility index (Phi) is 5.73. The summed E-state index contributed by atoms with van der Waals surface area (Å²) < 4.78 is 11.3. The van der Waals surface area contributed by atoms with E-state index in [0.717, 1.165) is 42.3 Å². The summed E-state index contributed by atoms with van der Waals surface area (Å²) in [5.41, 5.74) is 5.05. The smallest absolute Gasteiger partial charge is 0.251 e.